The minimum atomic E-state index is -0.222. The Morgan fingerprint density at radius 3 is 1.56 bits per heavy atom. The Balaban J connectivity index is 3.32. The molecule has 0 atom stereocenters. The van der Waals surface area contributed by atoms with Crippen LogP contribution in [0.2, 0.25) is 0 Å². The molecule has 0 unspecified atom stereocenters. The van der Waals surface area contributed by atoms with Crippen molar-refractivity contribution in [2.45, 2.75) is 83.5 Å². The molecule has 0 amide bonds. The summed E-state index contributed by atoms with van der Waals surface area (Å²) in [7, 11) is 0. The van der Waals surface area contributed by atoms with E-state index >= 15 is 0 Å². The average Bonchev–Trinajstić information content (AvgIpc) is 2.60. The van der Waals surface area contributed by atoms with Crippen LogP contribution in [0.4, 0.5) is 0 Å². The Bertz CT molecular complexity index is 297. The van der Waals surface area contributed by atoms with Gasteiger partial charge >= 0.3 is 11.9 Å². The molecule has 0 radical (unpaired) electrons. The Labute approximate surface area is 166 Å². The first-order valence-electron chi connectivity index (χ1n) is 9.64. The van der Waals surface area contributed by atoms with Gasteiger partial charge in [0.25, 0.3) is 0 Å². The summed E-state index contributed by atoms with van der Waals surface area (Å²) in [4.78, 5) is 23.1. The minimum absolute atomic E-state index is 0.215. The number of rotatable bonds is 18. The summed E-state index contributed by atoms with van der Waals surface area (Å²) < 4.78 is 10.3. The third-order valence-corrected chi connectivity index (χ3v) is 4.67. The van der Waals surface area contributed by atoms with Crippen LogP contribution in [0, 0.1) is 0 Å². The molecule has 25 heavy (non-hydrogen) atoms. The third kappa shape index (κ3) is 19.9. The van der Waals surface area contributed by atoms with Gasteiger partial charge in [0.15, 0.2) is 0 Å². The highest BCUT2D eigenvalue weighted by Crippen LogP contribution is 2.07. The first kappa shape index (κ1) is 24.7. The van der Waals surface area contributed by atoms with Crippen molar-refractivity contribution in [3.05, 3.63) is 0 Å². The van der Waals surface area contributed by atoms with E-state index in [9.17, 15) is 9.59 Å². The molecule has 0 fully saturated rings. The van der Waals surface area contributed by atoms with Crippen molar-refractivity contribution in [1.29, 1.82) is 0 Å². The maximum absolute atomic E-state index is 11.6. The maximum atomic E-state index is 11.6. The monoisotopic (exact) mass is 440 g/mol. The van der Waals surface area contributed by atoms with Crippen molar-refractivity contribution in [2.24, 2.45) is 0 Å². The van der Waals surface area contributed by atoms with E-state index in [0.29, 0.717) is 19.6 Å². The molecule has 0 aliphatic rings. The molecule has 0 rings (SSSR count). The lowest BCUT2D eigenvalue weighted by atomic mass is 10.2. The van der Waals surface area contributed by atoms with E-state index in [0.717, 1.165) is 56.2 Å². The second-order valence-electron chi connectivity index (χ2n) is 6.21. The van der Waals surface area contributed by atoms with Crippen LogP contribution in [0.15, 0.2) is 0 Å². The van der Waals surface area contributed by atoms with Gasteiger partial charge in [-0.3, -0.25) is 9.59 Å². The molecule has 0 aromatic carbocycles. The van der Waals surface area contributed by atoms with E-state index in [1.165, 1.54) is 19.3 Å². The number of carbonyl (C=O) groups excluding carboxylic acids is 2. The summed E-state index contributed by atoms with van der Waals surface area (Å²) in [6.07, 6.45) is 12.0. The van der Waals surface area contributed by atoms with Crippen molar-refractivity contribution in [2.75, 3.05) is 24.4 Å². The molecule has 0 aliphatic carbocycles. The number of ether oxygens (including phenoxy) is 2. The molecule has 0 N–H and O–H groups in total. The lowest BCUT2D eigenvalue weighted by Gasteiger charge is -2.06. The van der Waals surface area contributed by atoms with Gasteiger partial charge in [-0.15, -0.1) is 11.6 Å². The highest BCUT2D eigenvalue weighted by molar-refractivity contribution is 9.09. The van der Waals surface area contributed by atoms with Gasteiger partial charge in [0.2, 0.25) is 0 Å². The molecule has 0 aromatic heterocycles. The van der Waals surface area contributed by atoms with E-state index in [4.69, 9.17) is 21.1 Å². The van der Waals surface area contributed by atoms with Crippen LogP contribution in [0.1, 0.15) is 83.5 Å². The molecule has 0 aromatic rings. The molecule has 0 spiro atoms. The van der Waals surface area contributed by atoms with Crippen LogP contribution in [-0.2, 0) is 19.1 Å². The zero-order valence-electron chi connectivity index (χ0n) is 15.4. The lowest BCUT2D eigenvalue weighted by molar-refractivity contribution is -0.145. The van der Waals surface area contributed by atoms with Crippen molar-refractivity contribution in [3.63, 3.8) is 0 Å². The normalized spacial score (nSPS) is 10.6. The number of halogens is 2. The molecule has 0 bridgehead atoms. The highest BCUT2D eigenvalue weighted by Gasteiger charge is 2.07. The van der Waals surface area contributed by atoms with E-state index in [2.05, 4.69) is 15.9 Å². The van der Waals surface area contributed by atoms with Crippen molar-refractivity contribution >= 4 is 39.5 Å². The smallest absolute Gasteiger partial charge is 0.305 e. The summed E-state index contributed by atoms with van der Waals surface area (Å²) in [6.45, 7) is 0.959. The number of carbonyl (C=O) groups is 2. The van der Waals surface area contributed by atoms with Gasteiger partial charge in [0.05, 0.1) is 13.2 Å². The molecule has 0 heterocycles. The van der Waals surface area contributed by atoms with Crippen LogP contribution in [-0.4, -0.2) is 36.4 Å². The van der Waals surface area contributed by atoms with Crippen molar-refractivity contribution in [1.82, 2.24) is 0 Å². The molecule has 0 saturated heterocycles. The topological polar surface area (TPSA) is 52.6 Å². The van der Waals surface area contributed by atoms with E-state index < -0.39 is 0 Å². The standard InChI is InChI=1S/C19H34BrClO4/c20-14-7-3-1-5-9-16-24-18(22)12-11-13-19(23)25-17-10-6-2-4-8-15-21/h1-17H2. The highest BCUT2D eigenvalue weighted by atomic mass is 79.9. The van der Waals surface area contributed by atoms with E-state index in [1.54, 1.807) is 0 Å². The summed E-state index contributed by atoms with van der Waals surface area (Å²) in [6, 6.07) is 0. The molecule has 6 heteroatoms. The molecule has 0 aliphatic heterocycles. The van der Waals surface area contributed by atoms with Crippen LogP contribution < -0.4 is 0 Å². The minimum Gasteiger partial charge on any atom is -0.466 e. The van der Waals surface area contributed by atoms with Gasteiger partial charge < -0.3 is 9.47 Å². The van der Waals surface area contributed by atoms with Crippen molar-refractivity contribution in [3.8, 4) is 0 Å². The quantitative estimate of drug-likeness (QED) is 0.154. The van der Waals surface area contributed by atoms with Gasteiger partial charge in [-0.25, -0.2) is 0 Å². The van der Waals surface area contributed by atoms with Crippen LogP contribution in [0.3, 0.4) is 0 Å². The number of hydrogen-bond acceptors (Lipinski definition) is 4. The molecule has 0 saturated carbocycles. The molecule has 148 valence electrons. The third-order valence-electron chi connectivity index (χ3n) is 3.84. The average molecular weight is 442 g/mol. The van der Waals surface area contributed by atoms with Gasteiger partial charge in [-0.1, -0.05) is 54.5 Å². The summed E-state index contributed by atoms with van der Waals surface area (Å²) in [5, 5.41) is 1.05. The Morgan fingerprint density at radius 2 is 1.08 bits per heavy atom. The fourth-order valence-corrected chi connectivity index (χ4v) is 2.93. The summed E-state index contributed by atoms with van der Waals surface area (Å²) in [5.41, 5.74) is 0. The van der Waals surface area contributed by atoms with E-state index in [-0.39, 0.29) is 24.8 Å². The predicted molar refractivity (Wildman–Crippen MR) is 106 cm³/mol. The SMILES string of the molecule is O=C(CCCC(=O)OCCCCCCCBr)OCCCCCCCCl. The first-order chi connectivity index (χ1) is 12.2. The van der Waals surface area contributed by atoms with E-state index in [1.807, 2.05) is 0 Å². The van der Waals surface area contributed by atoms with Gasteiger partial charge in [0.1, 0.15) is 0 Å². The van der Waals surface area contributed by atoms with Crippen molar-refractivity contribution < 1.29 is 19.1 Å². The fourth-order valence-electron chi connectivity index (χ4n) is 2.35. The molecular weight excluding hydrogens is 408 g/mol. The molecule has 4 nitrogen and oxygen atoms in total. The molecular formula is C19H34BrClO4. The zero-order chi connectivity index (χ0) is 18.6. The first-order valence-corrected chi connectivity index (χ1v) is 11.3. The van der Waals surface area contributed by atoms with Gasteiger partial charge in [0, 0.05) is 24.1 Å². The van der Waals surface area contributed by atoms with Crippen LogP contribution in [0.5, 0.6) is 0 Å². The largest absolute Gasteiger partial charge is 0.466 e. The van der Waals surface area contributed by atoms with Crippen LogP contribution in [0.25, 0.3) is 0 Å². The van der Waals surface area contributed by atoms with Gasteiger partial charge in [-0.05, 0) is 32.1 Å². The Kier molecular flexibility index (Phi) is 19.8. The van der Waals surface area contributed by atoms with Crippen LogP contribution >= 0.6 is 27.5 Å². The predicted octanol–water partition coefficient (Wildman–Crippen LogP) is 5.78. The fraction of sp³-hybridized carbons (Fsp3) is 0.895. The Hall–Kier alpha value is -0.290. The number of esters is 2. The lowest BCUT2D eigenvalue weighted by Crippen LogP contribution is -2.09. The summed E-state index contributed by atoms with van der Waals surface area (Å²) in [5.74, 6) is 0.280. The number of unbranched alkanes of at least 4 members (excludes halogenated alkanes) is 8. The Morgan fingerprint density at radius 1 is 0.640 bits per heavy atom. The van der Waals surface area contributed by atoms with Gasteiger partial charge in [-0.2, -0.15) is 0 Å². The summed E-state index contributed by atoms with van der Waals surface area (Å²) >= 11 is 9.02. The number of alkyl halides is 2. The second-order valence-corrected chi connectivity index (χ2v) is 7.38. The maximum Gasteiger partial charge on any atom is 0.305 e. The second kappa shape index (κ2) is 20.0. The zero-order valence-corrected chi connectivity index (χ0v) is 17.8. The number of hydrogen-bond donors (Lipinski definition) is 0.